The molecule has 1 unspecified atom stereocenters. The first-order chi connectivity index (χ1) is 10.1. The number of likely N-dealkylation sites (tertiary alicyclic amines) is 1. The number of anilines is 1. The molecule has 0 aliphatic carbocycles. The van der Waals surface area contributed by atoms with Crippen LogP contribution in [0, 0.1) is 0 Å². The molecule has 0 bridgehead atoms. The molecule has 0 radical (unpaired) electrons. The quantitative estimate of drug-likeness (QED) is 0.810. The molecule has 7 heteroatoms. The Hall–Kier alpha value is -0.520. The van der Waals surface area contributed by atoms with Crippen molar-refractivity contribution in [3.05, 3.63) is 28.2 Å². The summed E-state index contributed by atoms with van der Waals surface area (Å²) in [5.41, 5.74) is 0.572. The number of rotatable bonds is 6. The molecule has 1 aliphatic heterocycles. The average Bonchev–Trinajstić information content (AvgIpc) is 2.88. The van der Waals surface area contributed by atoms with Gasteiger partial charge in [0.1, 0.15) is 0 Å². The third-order valence-corrected chi connectivity index (χ3v) is 4.33. The molecule has 1 atom stereocenters. The normalized spacial score (nSPS) is 18.0. The summed E-state index contributed by atoms with van der Waals surface area (Å²) in [7, 11) is 1.96. The van der Waals surface area contributed by atoms with Crippen molar-refractivity contribution < 1.29 is 4.79 Å². The fraction of sp³-hybridized carbons (Fsp3) is 0.533. The number of nitrogens with one attached hydrogen (secondary N) is 2. The average molecular weight is 367 g/mol. The second-order valence-corrected chi connectivity index (χ2v) is 6.16. The third kappa shape index (κ3) is 5.60. The fourth-order valence-corrected chi connectivity index (χ4v) is 3.04. The number of amides is 1. The van der Waals surface area contributed by atoms with E-state index in [4.69, 9.17) is 23.2 Å². The minimum Gasteiger partial charge on any atom is -0.325 e. The summed E-state index contributed by atoms with van der Waals surface area (Å²) in [6.07, 6.45) is 2.86. The predicted octanol–water partition coefficient (Wildman–Crippen LogP) is 3.43. The molecule has 1 amide bonds. The lowest BCUT2D eigenvalue weighted by atomic mass is 10.2. The van der Waals surface area contributed by atoms with E-state index in [0.717, 1.165) is 19.6 Å². The highest BCUT2D eigenvalue weighted by molar-refractivity contribution is 6.35. The Morgan fingerprint density at radius 2 is 2.18 bits per heavy atom. The third-order valence-electron chi connectivity index (χ3n) is 3.77. The van der Waals surface area contributed by atoms with E-state index in [0.29, 0.717) is 28.2 Å². The number of hydrogen-bond donors (Lipinski definition) is 2. The number of nitrogens with zero attached hydrogens (tertiary/aromatic N) is 1. The maximum atomic E-state index is 12.0. The van der Waals surface area contributed by atoms with Crippen LogP contribution < -0.4 is 10.6 Å². The molecule has 124 valence electrons. The predicted molar refractivity (Wildman–Crippen MR) is 95.5 cm³/mol. The van der Waals surface area contributed by atoms with E-state index in [-0.39, 0.29) is 18.3 Å². The number of hydrogen-bond acceptors (Lipinski definition) is 3. The second-order valence-electron chi connectivity index (χ2n) is 5.31. The summed E-state index contributed by atoms with van der Waals surface area (Å²) >= 11 is 11.9. The Bertz CT molecular complexity index is 499. The lowest BCUT2D eigenvalue weighted by molar-refractivity contribution is -0.116. The van der Waals surface area contributed by atoms with E-state index in [2.05, 4.69) is 15.5 Å². The van der Waals surface area contributed by atoms with Gasteiger partial charge in [-0.3, -0.25) is 9.69 Å². The first-order valence-corrected chi connectivity index (χ1v) is 7.99. The summed E-state index contributed by atoms with van der Waals surface area (Å²) < 4.78 is 0. The molecular formula is C15H22Cl3N3O. The molecule has 1 aromatic rings. The minimum absolute atomic E-state index is 0. The Morgan fingerprint density at radius 3 is 2.91 bits per heavy atom. The van der Waals surface area contributed by atoms with E-state index in [1.165, 1.54) is 12.8 Å². The summed E-state index contributed by atoms with van der Waals surface area (Å²) in [4.78, 5) is 14.4. The minimum atomic E-state index is -0.0331. The lowest BCUT2D eigenvalue weighted by Crippen LogP contribution is -2.38. The van der Waals surface area contributed by atoms with Gasteiger partial charge in [0.05, 0.1) is 10.7 Å². The first-order valence-electron chi connectivity index (χ1n) is 7.23. The van der Waals surface area contributed by atoms with Gasteiger partial charge in [0.25, 0.3) is 0 Å². The van der Waals surface area contributed by atoms with Gasteiger partial charge in [-0.15, -0.1) is 12.4 Å². The molecule has 1 fully saturated rings. The van der Waals surface area contributed by atoms with Crippen LogP contribution in [0.5, 0.6) is 0 Å². The van der Waals surface area contributed by atoms with E-state index in [1.54, 1.807) is 18.2 Å². The van der Waals surface area contributed by atoms with E-state index < -0.39 is 0 Å². The zero-order valence-corrected chi connectivity index (χ0v) is 14.9. The van der Waals surface area contributed by atoms with Crippen molar-refractivity contribution >= 4 is 47.2 Å². The van der Waals surface area contributed by atoms with Crippen LogP contribution in [0.4, 0.5) is 5.69 Å². The SMILES string of the molecule is CNCC1CCCN1CCC(=O)Nc1cc(Cl)ccc1Cl.Cl. The van der Waals surface area contributed by atoms with Gasteiger partial charge < -0.3 is 10.6 Å². The maximum Gasteiger partial charge on any atom is 0.225 e. The van der Waals surface area contributed by atoms with Gasteiger partial charge in [0, 0.05) is 30.6 Å². The van der Waals surface area contributed by atoms with Crippen LogP contribution in [0.25, 0.3) is 0 Å². The van der Waals surface area contributed by atoms with Gasteiger partial charge in [0.2, 0.25) is 5.91 Å². The van der Waals surface area contributed by atoms with Gasteiger partial charge in [-0.2, -0.15) is 0 Å². The van der Waals surface area contributed by atoms with Crippen LogP contribution in [0.15, 0.2) is 18.2 Å². The Labute approximate surface area is 147 Å². The van der Waals surface area contributed by atoms with Gasteiger partial charge in [-0.25, -0.2) is 0 Å². The van der Waals surface area contributed by atoms with Crippen LogP contribution >= 0.6 is 35.6 Å². The molecule has 2 rings (SSSR count). The van der Waals surface area contributed by atoms with Crippen LogP contribution in [0.2, 0.25) is 10.0 Å². The summed E-state index contributed by atoms with van der Waals surface area (Å²) in [6, 6.07) is 5.59. The molecule has 2 N–H and O–H groups in total. The molecule has 0 spiro atoms. The molecule has 4 nitrogen and oxygen atoms in total. The van der Waals surface area contributed by atoms with Crippen LogP contribution in [-0.2, 0) is 4.79 Å². The first kappa shape index (κ1) is 19.5. The topological polar surface area (TPSA) is 44.4 Å². The van der Waals surface area contributed by atoms with Crippen molar-refractivity contribution in [2.45, 2.75) is 25.3 Å². The molecule has 22 heavy (non-hydrogen) atoms. The van der Waals surface area contributed by atoms with Gasteiger partial charge in [-0.05, 0) is 44.6 Å². The van der Waals surface area contributed by atoms with Crippen molar-refractivity contribution in [3.63, 3.8) is 0 Å². The molecule has 0 aromatic heterocycles. The summed E-state index contributed by atoms with van der Waals surface area (Å²) in [6.45, 7) is 2.82. The van der Waals surface area contributed by atoms with Crippen molar-refractivity contribution in [2.24, 2.45) is 0 Å². The van der Waals surface area contributed by atoms with Crippen LogP contribution in [0.3, 0.4) is 0 Å². The molecular weight excluding hydrogens is 345 g/mol. The molecule has 1 aliphatic rings. The van der Waals surface area contributed by atoms with Crippen molar-refractivity contribution in [3.8, 4) is 0 Å². The highest BCUT2D eigenvalue weighted by Gasteiger charge is 2.23. The Morgan fingerprint density at radius 1 is 1.41 bits per heavy atom. The number of likely N-dealkylation sites (N-methyl/N-ethyl adjacent to an activating group) is 1. The van der Waals surface area contributed by atoms with Gasteiger partial charge >= 0.3 is 0 Å². The van der Waals surface area contributed by atoms with Crippen molar-refractivity contribution in [1.29, 1.82) is 0 Å². The standard InChI is InChI=1S/C15H21Cl2N3O.ClH/c1-18-10-12-3-2-7-20(12)8-6-15(21)19-14-9-11(16)4-5-13(14)17;/h4-5,9,12,18H,2-3,6-8,10H2,1H3,(H,19,21);1H. The Kier molecular flexibility index (Phi) is 8.50. The van der Waals surface area contributed by atoms with Crippen molar-refractivity contribution in [2.75, 3.05) is 32.0 Å². The van der Waals surface area contributed by atoms with E-state index in [1.807, 2.05) is 7.05 Å². The highest BCUT2D eigenvalue weighted by Crippen LogP contribution is 2.25. The number of halogens is 3. The van der Waals surface area contributed by atoms with Gasteiger partial charge in [-0.1, -0.05) is 23.2 Å². The lowest BCUT2D eigenvalue weighted by Gasteiger charge is -2.23. The monoisotopic (exact) mass is 365 g/mol. The van der Waals surface area contributed by atoms with E-state index >= 15 is 0 Å². The molecule has 0 saturated carbocycles. The molecule has 1 aromatic carbocycles. The number of carbonyl (C=O) groups is 1. The summed E-state index contributed by atoms with van der Waals surface area (Å²) in [5.74, 6) is -0.0331. The smallest absolute Gasteiger partial charge is 0.225 e. The maximum absolute atomic E-state index is 12.0. The van der Waals surface area contributed by atoms with E-state index in [9.17, 15) is 4.79 Å². The number of carbonyl (C=O) groups excluding carboxylic acids is 1. The zero-order valence-electron chi connectivity index (χ0n) is 12.6. The molecule has 1 heterocycles. The van der Waals surface area contributed by atoms with Crippen molar-refractivity contribution in [1.82, 2.24) is 10.2 Å². The summed E-state index contributed by atoms with van der Waals surface area (Å²) in [5, 5.41) is 7.09. The van der Waals surface area contributed by atoms with Crippen LogP contribution in [-0.4, -0.2) is 43.5 Å². The Balaban J connectivity index is 0.00000242. The van der Waals surface area contributed by atoms with Gasteiger partial charge in [0.15, 0.2) is 0 Å². The molecule has 1 saturated heterocycles. The number of benzene rings is 1. The zero-order chi connectivity index (χ0) is 15.2. The fourth-order valence-electron chi connectivity index (χ4n) is 2.71. The second kappa shape index (κ2) is 9.58. The highest BCUT2D eigenvalue weighted by atomic mass is 35.5. The van der Waals surface area contributed by atoms with Crippen LogP contribution in [0.1, 0.15) is 19.3 Å². The largest absolute Gasteiger partial charge is 0.325 e.